The van der Waals surface area contributed by atoms with Crippen molar-refractivity contribution < 1.29 is 22.7 Å². The van der Waals surface area contributed by atoms with Crippen LogP contribution in [0.25, 0.3) is 17.0 Å². The van der Waals surface area contributed by atoms with Crippen molar-refractivity contribution in [2.24, 2.45) is 0 Å². The lowest BCUT2D eigenvalue weighted by atomic mass is 10.2. The minimum Gasteiger partial charge on any atom is -0.462 e. The Balaban J connectivity index is 1.61. The van der Waals surface area contributed by atoms with Gasteiger partial charge in [-0.2, -0.15) is 13.2 Å². The van der Waals surface area contributed by atoms with Gasteiger partial charge < -0.3 is 10.1 Å². The zero-order chi connectivity index (χ0) is 22.2. The molecule has 0 aliphatic carbocycles. The van der Waals surface area contributed by atoms with Crippen molar-refractivity contribution in [1.29, 1.82) is 0 Å². The molecule has 0 amide bonds. The zero-order valence-electron chi connectivity index (χ0n) is 16.5. The molecule has 0 saturated carbocycles. The van der Waals surface area contributed by atoms with Gasteiger partial charge in [-0.15, -0.1) is 11.3 Å². The number of rotatable bonds is 5. The van der Waals surface area contributed by atoms with Crippen molar-refractivity contribution in [3.05, 3.63) is 64.8 Å². The molecule has 0 fully saturated rings. The Morgan fingerprint density at radius 3 is 2.58 bits per heavy atom. The topological polar surface area (TPSA) is 68.5 Å². The number of nitrogens with zero attached hydrogens (tertiary/aromatic N) is 3. The molecule has 0 saturated heterocycles. The van der Waals surface area contributed by atoms with Crippen LogP contribution >= 0.6 is 11.3 Å². The molecule has 3 heterocycles. The van der Waals surface area contributed by atoms with Gasteiger partial charge in [0.05, 0.1) is 29.1 Å². The lowest BCUT2D eigenvalue weighted by Gasteiger charge is -2.08. The van der Waals surface area contributed by atoms with Crippen LogP contribution in [0.3, 0.4) is 0 Å². The summed E-state index contributed by atoms with van der Waals surface area (Å²) in [5, 5.41) is 5.44. The second kappa shape index (κ2) is 8.03. The summed E-state index contributed by atoms with van der Waals surface area (Å²) in [5.74, 6) is -0.396. The summed E-state index contributed by atoms with van der Waals surface area (Å²) in [4.78, 5) is 20.6. The molecule has 4 aromatic rings. The van der Waals surface area contributed by atoms with Gasteiger partial charge in [0, 0.05) is 17.3 Å². The summed E-state index contributed by atoms with van der Waals surface area (Å²) in [6, 6.07) is 9.09. The molecule has 0 aliphatic rings. The van der Waals surface area contributed by atoms with E-state index in [-0.39, 0.29) is 0 Å². The van der Waals surface area contributed by atoms with Gasteiger partial charge in [0.15, 0.2) is 5.13 Å². The van der Waals surface area contributed by atoms with Gasteiger partial charge in [0.25, 0.3) is 0 Å². The normalized spacial score (nSPS) is 11.6. The number of esters is 1. The fraction of sp³-hybridized carbons (Fsp3) is 0.190. The van der Waals surface area contributed by atoms with E-state index in [4.69, 9.17) is 4.74 Å². The number of aryl methyl sites for hydroxylation is 1. The third-order valence-corrected chi connectivity index (χ3v) is 5.27. The molecule has 3 aromatic heterocycles. The lowest BCUT2D eigenvalue weighted by molar-refractivity contribution is -0.137. The number of hydrogen-bond acceptors (Lipinski definition) is 6. The van der Waals surface area contributed by atoms with E-state index in [1.54, 1.807) is 43.5 Å². The van der Waals surface area contributed by atoms with Gasteiger partial charge in [0.1, 0.15) is 11.3 Å². The van der Waals surface area contributed by atoms with E-state index >= 15 is 0 Å². The highest BCUT2D eigenvalue weighted by Gasteiger charge is 2.31. The van der Waals surface area contributed by atoms with Crippen molar-refractivity contribution >= 4 is 33.8 Å². The van der Waals surface area contributed by atoms with Gasteiger partial charge in [-0.25, -0.2) is 14.8 Å². The fourth-order valence-electron chi connectivity index (χ4n) is 3.11. The number of fused-ring (bicyclic) bond motifs is 1. The zero-order valence-corrected chi connectivity index (χ0v) is 17.3. The molecule has 1 N–H and O–H groups in total. The fourth-order valence-corrected chi connectivity index (χ4v) is 3.82. The van der Waals surface area contributed by atoms with E-state index in [0.717, 1.165) is 12.3 Å². The van der Waals surface area contributed by atoms with Crippen LogP contribution in [0, 0.1) is 6.92 Å². The Hall–Kier alpha value is -3.40. The highest BCUT2D eigenvalue weighted by molar-refractivity contribution is 7.14. The summed E-state index contributed by atoms with van der Waals surface area (Å²) < 4.78 is 45.8. The van der Waals surface area contributed by atoms with Crippen molar-refractivity contribution in [2.75, 3.05) is 11.9 Å². The lowest BCUT2D eigenvalue weighted by Crippen LogP contribution is -2.06. The van der Waals surface area contributed by atoms with Crippen LogP contribution < -0.4 is 5.32 Å². The third kappa shape index (κ3) is 4.24. The summed E-state index contributed by atoms with van der Waals surface area (Å²) in [6.45, 7) is 3.77. The monoisotopic (exact) mass is 446 g/mol. The molecule has 0 atom stereocenters. The molecule has 31 heavy (non-hydrogen) atoms. The molecule has 0 unspecified atom stereocenters. The Morgan fingerprint density at radius 1 is 1.16 bits per heavy atom. The van der Waals surface area contributed by atoms with E-state index < -0.39 is 17.7 Å². The van der Waals surface area contributed by atoms with Crippen LogP contribution in [-0.2, 0) is 10.9 Å². The predicted octanol–water partition coefficient (Wildman–Crippen LogP) is 5.71. The molecule has 0 bridgehead atoms. The maximum absolute atomic E-state index is 13.1. The predicted molar refractivity (Wildman–Crippen MR) is 112 cm³/mol. The number of carbonyl (C=O) groups excluding carboxylic acids is 1. The minimum absolute atomic E-state index is 0.299. The molecule has 0 spiro atoms. The Kier molecular flexibility index (Phi) is 5.40. The number of aromatic nitrogens is 3. The maximum atomic E-state index is 13.1. The summed E-state index contributed by atoms with van der Waals surface area (Å²) in [5.41, 5.74) is 2.40. The van der Waals surface area contributed by atoms with Crippen LogP contribution in [0.5, 0.6) is 0 Å². The van der Waals surface area contributed by atoms with Gasteiger partial charge in [-0.3, -0.25) is 4.40 Å². The summed E-state index contributed by atoms with van der Waals surface area (Å²) >= 11 is 1.31. The Morgan fingerprint density at radius 2 is 1.90 bits per heavy atom. The molecule has 0 radical (unpaired) electrons. The Bertz CT molecular complexity index is 1250. The first kappa shape index (κ1) is 20.9. The van der Waals surface area contributed by atoms with Gasteiger partial charge in [-0.05, 0) is 50.2 Å². The maximum Gasteiger partial charge on any atom is 0.417 e. The van der Waals surface area contributed by atoms with Crippen molar-refractivity contribution in [3.63, 3.8) is 0 Å². The van der Waals surface area contributed by atoms with Crippen LogP contribution in [0.1, 0.15) is 28.5 Å². The highest BCUT2D eigenvalue weighted by atomic mass is 32.1. The number of anilines is 2. The quantitative estimate of drug-likeness (QED) is 0.398. The number of imidazole rings is 1. The number of carbonyl (C=O) groups is 1. The van der Waals surface area contributed by atoms with Crippen molar-refractivity contribution in [3.8, 4) is 11.4 Å². The number of pyridine rings is 1. The van der Waals surface area contributed by atoms with Crippen molar-refractivity contribution in [2.45, 2.75) is 20.0 Å². The first-order valence-electron chi connectivity index (χ1n) is 9.32. The first-order valence-corrected chi connectivity index (χ1v) is 10.2. The largest absolute Gasteiger partial charge is 0.462 e. The molecular weight excluding hydrogens is 429 g/mol. The molecule has 0 aliphatic heterocycles. The second-order valence-electron chi connectivity index (χ2n) is 6.65. The van der Waals surface area contributed by atoms with E-state index in [1.165, 1.54) is 21.8 Å². The number of ether oxygens (including phenoxy) is 1. The highest BCUT2D eigenvalue weighted by Crippen LogP contribution is 2.33. The van der Waals surface area contributed by atoms with Gasteiger partial charge in [-0.1, -0.05) is 0 Å². The molecule has 6 nitrogen and oxygen atoms in total. The molecule has 1 aromatic carbocycles. The van der Waals surface area contributed by atoms with Gasteiger partial charge >= 0.3 is 12.1 Å². The average molecular weight is 446 g/mol. The van der Waals surface area contributed by atoms with Crippen LogP contribution in [0.4, 0.5) is 24.0 Å². The molecule has 4 rings (SSSR count). The van der Waals surface area contributed by atoms with Crippen LogP contribution in [-0.4, -0.2) is 26.9 Å². The Labute approximate surface area is 179 Å². The van der Waals surface area contributed by atoms with E-state index in [0.29, 0.717) is 45.7 Å². The van der Waals surface area contributed by atoms with E-state index in [9.17, 15) is 18.0 Å². The molecule has 160 valence electrons. The van der Waals surface area contributed by atoms with Crippen LogP contribution in [0.2, 0.25) is 0 Å². The number of hydrogen-bond donors (Lipinski definition) is 1. The number of halogens is 3. The number of thiazole rings is 1. The van der Waals surface area contributed by atoms with Crippen molar-refractivity contribution in [1.82, 2.24) is 14.4 Å². The van der Waals surface area contributed by atoms with E-state index in [2.05, 4.69) is 15.3 Å². The number of nitrogens with one attached hydrogen (secondary N) is 1. The standard InChI is InChI=1S/C21H17F3N4O2S/c1-3-30-19(29)13-4-7-15(8-5-13)26-20-27-16(11-31-20)18-12(2)25-17-9-6-14(10-28(17)18)21(22,23)24/h4-11H,3H2,1-2H3,(H,26,27). The summed E-state index contributed by atoms with van der Waals surface area (Å²) in [7, 11) is 0. The summed E-state index contributed by atoms with van der Waals surface area (Å²) in [6.07, 6.45) is -3.42. The van der Waals surface area contributed by atoms with E-state index in [1.807, 2.05) is 0 Å². The number of benzene rings is 1. The average Bonchev–Trinajstić information content (AvgIpc) is 3.30. The SMILES string of the molecule is CCOC(=O)c1ccc(Nc2nc(-c3c(C)nc4ccc(C(F)(F)F)cn34)cs2)cc1. The third-order valence-electron chi connectivity index (χ3n) is 4.51. The van der Waals surface area contributed by atoms with Gasteiger partial charge in [0.2, 0.25) is 0 Å². The smallest absolute Gasteiger partial charge is 0.417 e. The molecule has 10 heteroatoms. The van der Waals surface area contributed by atoms with Crippen LogP contribution in [0.15, 0.2) is 48.0 Å². The first-order chi connectivity index (χ1) is 14.8. The second-order valence-corrected chi connectivity index (χ2v) is 7.51. The minimum atomic E-state index is -4.45. The number of alkyl halides is 3. The molecular formula is C21H17F3N4O2S.